The van der Waals surface area contributed by atoms with Crippen molar-refractivity contribution >= 4 is 41.3 Å². The number of nitrogens with one attached hydrogen (secondary N) is 1. The first kappa shape index (κ1) is 14.8. The van der Waals surface area contributed by atoms with Gasteiger partial charge in [0.05, 0.1) is 9.21 Å². The van der Waals surface area contributed by atoms with E-state index < -0.39 is 0 Å². The van der Waals surface area contributed by atoms with E-state index in [4.69, 9.17) is 11.6 Å². The molecule has 1 amide bonds. The molecule has 1 aromatic rings. The summed E-state index contributed by atoms with van der Waals surface area (Å²) in [5.41, 5.74) is 0. The fourth-order valence-corrected chi connectivity index (χ4v) is 2.87. The maximum atomic E-state index is 12.2. The van der Waals surface area contributed by atoms with Crippen molar-refractivity contribution in [2.24, 2.45) is 0 Å². The SMILES string of the molecule is CC1CN(C(=O)c2ccc(Cl)s2)C(C)CN1.Cl. The highest BCUT2D eigenvalue weighted by molar-refractivity contribution is 7.17. The summed E-state index contributed by atoms with van der Waals surface area (Å²) in [7, 11) is 0. The summed E-state index contributed by atoms with van der Waals surface area (Å²) in [5.74, 6) is 0.0951. The number of amides is 1. The van der Waals surface area contributed by atoms with Crippen molar-refractivity contribution in [2.45, 2.75) is 25.9 Å². The molecule has 0 aliphatic carbocycles. The Morgan fingerprint density at radius 3 is 2.82 bits per heavy atom. The molecule has 0 spiro atoms. The molecule has 3 nitrogen and oxygen atoms in total. The zero-order valence-electron chi connectivity index (χ0n) is 9.77. The summed E-state index contributed by atoms with van der Waals surface area (Å²) >= 11 is 7.19. The zero-order chi connectivity index (χ0) is 11.7. The molecule has 2 atom stereocenters. The summed E-state index contributed by atoms with van der Waals surface area (Å²) in [6, 6.07) is 4.17. The topological polar surface area (TPSA) is 32.3 Å². The third-order valence-electron chi connectivity index (χ3n) is 2.81. The largest absolute Gasteiger partial charge is 0.332 e. The molecule has 0 aromatic carbocycles. The van der Waals surface area contributed by atoms with Gasteiger partial charge in [-0.3, -0.25) is 4.79 Å². The molecule has 1 fully saturated rings. The van der Waals surface area contributed by atoms with Gasteiger partial charge in [0.15, 0.2) is 0 Å². The first-order chi connectivity index (χ1) is 7.58. The van der Waals surface area contributed by atoms with Gasteiger partial charge in [-0.1, -0.05) is 11.6 Å². The molecular formula is C11H16Cl2N2OS. The predicted molar refractivity (Wildman–Crippen MR) is 74.5 cm³/mol. The van der Waals surface area contributed by atoms with Gasteiger partial charge in [0.25, 0.3) is 5.91 Å². The number of thiophene rings is 1. The van der Waals surface area contributed by atoms with Crippen molar-refractivity contribution in [2.75, 3.05) is 13.1 Å². The highest BCUT2D eigenvalue weighted by atomic mass is 35.5. The van der Waals surface area contributed by atoms with E-state index in [1.54, 1.807) is 12.1 Å². The normalized spacial score (nSPS) is 24.3. The van der Waals surface area contributed by atoms with Crippen molar-refractivity contribution in [1.29, 1.82) is 0 Å². The minimum atomic E-state index is 0. The molecule has 96 valence electrons. The number of nitrogens with zero attached hydrogens (tertiary/aromatic N) is 1. The third-order valence-corrected chi connectivity index (χ3v) is 4.03. The number of carbonyl (C=O) groups excluding carboxylic acids is 1. The summed E-state index contributed by atoms with van der Waals surface area (Å²) in [4.78, 5) is 14.9. The van der Waals surface area contributed by atoms with Crippen LogP contribution in [0, 0.1) is 0 Å². The summed E-state index contributed by atoms with van der Waals surface area (Å²) in [6.07, 6.45) is 0. The molecule has 2 heterocycles. The molecule has 1 aromatic heterocycles. The minimum absolute atomic E-state index is 0. The van der Waals surface area contributed by atoms with E-state index in [2.05, 4.69) is 19.2 Å². The smallest absolute Gasteiger partial charge is 0.264 e. The summed E-state index contributed by atoms with van der Waals surface area (Å²) < 4.78 is 0.666. The van der Waals surface area contributed by atoms with Crippen LogP contribution in [0.25, 0.3) is 0 Å². The predicted octanol–water partition coefficient (Wildman–Crippen LogP) is 2.65. The summed E-state index contributed by atoms with van der Waals surface area (Å²) in [5, 5.41) is 3.36. The molecule has 17 heavy (non-hydrogen) atoms. The number of hydrogen-bond acceptors (Lipinski definition) is 3. The highest BCUT2D eigenvalue weighted by Crippen LogP contribution is 2.24. The second kappa shape index (κ2) is 6.05. The van der Waals surface area contributed by atoms with Gasteiger partial charge < -0.3 is 10.2 Å². The lowest BCUT2D eigenvalue weighted by atomic mass is 10.1. The van der Waals surface area contributed by atoms with Crippen LogP contribution in [0.3, 0.4) is 0 Å². The number of hydrogen-bond donors (Lipinski definition) is 1. The van der Waals surface area contributed by atoms with E-state index >= 15 is 0 Å². The van der Waals surface area contributed by atoms with E-state index in [1.165, 1.54) is 11.3 Å². The Hall–Kier alpha value is -0.290. The molecule has 1 aliphatic heterocycles. The number of halogens is 2. The van der Waals surface area contributed by atoms with Crippen LogP contribution in [0.15, 0.2) is 12.1 Å². The van der Waals surface area contributed by atoms with Gasteiger partial charge in [-0.2, -0.15) is 0 Å². The monoisotopic (exact) mass is 294 g/mol. The molecular weight excluding hydrogens is 279 g/mol. The molecule has 0 radical (unpaired) electrons. The quantitative estimate of drug-likeness (QED) is 0.864. The van der Waals surface area contributed by atoms with Crippen LogP contribution in [0.5, 0.6) is 0 Å². The van der Waals surface area contributed by atoms with Gasteiger partial charge in [-0.05, 0) is 26.0 Å². The molecule has 0 bridgehead atoms. The van der Waals surface area contributed by atoms with Gasteiger partial charge in [0, 0.05) is 25.2 Å². The fourth-order valence-electron chi connectivity index (χ4n) is 1.88. The van der Waals surface area contributed by atoms with Crippen LogP contribution < -0.4 is 5.32 Å². The van der Waals surface area contributed by atoms with E-state index in [0.717, 1.165) is 18.0 Å². The Morgan fingerprint density at radius 1 is 1.53 bits per heavy atom. The van der Waals surface area contributed by atoms with Crippen LogP contribution in [-0.2, 0) is 0 Å². The Labute approximate surface area is 117 Å². The van der Waals surface area contributed by atoms with Crippen LogP contribution in [0.1, 0.15) is 23.5 Å². The van der Waals surface area contributed by atoms with Crippen molar-refractivity contribution in [1.82, 2.24) is 10.2 Å². The van der Waals surface area contributed by atoms with Gasteiger partial charge in [-0.25, -0.2) is 0 Å². The summed E-state index contributed by atoms with van der Waals surface area (Å²) in [6.45, 7) is 5.76. The van der Waals surface area contributed by atoms with Gasteiger partial charge in [0.2, 0.25) is 0 Å². The second-order valence-electron chi connectivity index (χ2n) is 4.22. The van der Waals surface area contributed by atoms with Crippen LogP contribution >= 0.6 is 35.3 Å². The standard InChI is InChI=1S/C11H15ClN2OS.ClH/c1-7-6-14(8(2)5-13-7)11(15)9-3-4-10(12)16-9;/h3-4,7-8,13H,5-6H2,1-2H3;1H. The Morgan fingerprint density at radius 2 is 2.24 bits per heavy atom. The average Bonchev–Trinajstić information content (AvgIpc) is 2.67. The van der Waals surface area contributed by atoms with Gasteiger partial charge in [0.1, 0.15) is 0 Å². The number of carbonyl (C=O) groups is 1. The molecule has 1 N–H and O–H groups in total. The van der Waals surface area contributed by atoms with Gasteiger partial charge >= 0.3 is 0 Å². The van der Waals surface area contributed by atoms with Crippen molar-refractivity contribution in [3.63, 3.8) is 0 Å². The zero-order valence-corrected chi connectivity index (χ0v) is 12.2. The Kier molecular flexibility index (Phi) is 5.25. The van der Waals surface area contributed by atoms with Crippen LogP contribution in [0.4, 0.5) is 0 Å². The second-order valence-corrected chi connectivity index (χ2v) is 5.93. The molecule has 0 saturated carbocycles. The lowest BCUT2D eigenvalue weighted by Gasteiger charge is -2.37. The number of rotatable bonds is 1. The highest BCUT2D eigenvalue weighted by Gasteiger charge is 2.27. The van der Waals surface area contributed by atoms with E-state index in [1.807, 2.05) is 4.90 Å². The van der Waals surface area contributed by atoms with Crippen LogP contribution in [0.2, 0.25) is 4.34 Å². The first-order valence-corrected chi connectivity index (χ1v) is 6.57. The molecule has 1 aliphatic rings. The fraction of sp³-hybridized carbons (Fsp3) is 0.545. The Bertz CT molecular complexity index is 397. The minimum Gasteiger partial charge on any atom is -0.332 e. The van der Waals surface area contributed by atoms with E-state index in [9.17, 15) is 4.79 Å². The van der Waals surface area contributed by atoms with Gasteiger partial charge in [-0.15, -0.1) is 23.7 Å². The lowest BCUT2D eigenvalue weighted by molar-refractivity contribution is 0.0621. The molecule has 2 unspecified atom stereocenters. The molecule has 2 rings (SSSR count). The van der Waals surface area contributed by atoms with Crippen LogP contribution in [-0.4, -0.2) is 36.0 Å². The maximum Gasteiger partial charge on any atom is 0.264 e. The average molecular weight is 295 g/mol. The number of piperazine rings is 1. The maximum absolute atomic E-state index is 12.2. The lowest BCUT2D eigenvalue weighted by Crippen LogP contribution is -2.56. The Balaban J connectivity index is 0.00000144. The third kappa shape index (κ3) is 3.35. The molecule has 1 saturated heterocycles. The van der Waals surface area contributed by atoms with Crippen molar-refractivity contribution in [3.05, 3.63) is 21.3 Å². The first-order valence-electron chi connectivity index (χ1n) is 5.37. The van der Waals surface area contributed by atoms with Crippen molar-refractivity contribution in [3.8, 4) is 0 Å². The molecule has 6 heteroatoms. The van der Waals surface area contributed by atoms with Crippen molar-refractivity contribution < 1.29 is 4.79 Å². The van der Waals surface area contributed by atoms with E-state index in [0.29, 0.717) is 10.4 Å². The van der Waals surface area contributed by atoms with E-state index in [-0.39, 0.29) is 24.4 Å².